The minimum atomic E-state index is -0.503. The van der Waals surface area contributed by atoms with Gasteiger partial charge in [-0.3, -0.25) is 24.0 Å². The maximum Gasteiger partial charge on any atom is 0.331 e. The van der Waals surface area contributed by atoms with Gasteiger partial charge in [-0.1, -0.05) is 36.8 Å². The number of amides is 1. The number of fused-ring (bicyclic) bond motifs is 1. The van der Waals surface area contributed by atoms with Crippen LogP contribution < -0.4 is 16.6 Å². The van der Waals surface area contributed by atoms with Crippen molar-refractivity contribution in [3.8, 4) is 0 Å². The summed E-state index contributed by atoms with van der Waals surface area (Å²) in [4.78, 5) is 37.6. The number of carbonyl (C=O) groups is 1. The Morgan fingerprint density at radius 2 is 1.93 bits per heavy atom. The van der Waals surface area contributed by atoms with Gasteiger partial charge in [0.1, 0.15) is 11.6 Å². The molecule has 0 radical (unpaired) electrons. The minimum absolute atomic E-state index is 0.205. The van der Waals surface area contributed by atoms with Crippen LogP contribution in [0.15, 0.2) is 33.9 Å². The molecule has 0 bridgehead atoms. The standard InChI is InChI=1S/C18H21N5O3S/c1-3-5-10-15-20-21-17(27-15)19-14(24)11-23-13-9-7-6-8-12(13)16(25)22(4-2)18(23)26/h6-9H,3-5,10-11H2,1-2H3,(H,19,21,24). The number of rotatable bonds is 7. The van der Waals surface area contributed by atoms with E-state index in [9.17, 15) is 14.4 Å². The second-order valence-corrected chi connectivity index (χ2v) is 7.15. The monoisotopic (exact) mass is 387 g/mol. The summed E-state index contributed by atoms with van der Waals surface area (Å²) in [6.45, 7) is 3.85. The van der Waals surface area contributed by atoms with Gasteiger partial charge in [0.25, 0.3) is 5.56 Å². The summed E-state index contributed by atoms with van der Waals surface area (Å²) in [5, 5.41) is 12.4. The molecular weight excluding hydrogens is 366 g/mol. The van der Waals surface area contributed by atoms with Crippen LogP contribution in [0.2, 0.25) is 0 Å². The Morgan fingerprint density at radius 1 is 1.15 bits per heavy atom. The van der Waals surface area contributed by atoms with Crippen molar-refractivity contribution in [1.29, 1.82) is 0 Å². The van der Waals surface area contributed by atoms with E-state index in [1.54, 1.807) is 31.2 Å². The number of benzene rings is 1. The van der Waals surface area contributed by atoms with E-state index in [-0.39, 0.29) is 24.6 Å². The number of nitrogens with one attached hydrogen (secondary N) is 1. The summed E-state index contributed by atoms with van der Waals surface area (Å²) in [7, 11) is 0. The lowest BCUT2D eigenvalue weighted by atomic mass is 10.2. The molecule has 3 aromatic rings. The van der Waals surface area contributed by atoms with Crippen molar-refractivity contribution in [2.24, 2.45) is 0 Å². The molecule has 0 aliphatic carbocycles. The molecule has 2 heterocycles. The third-order valence-electron chi connectivity index (χ3n) is 4.21. The number of hydrogen-bond acceptors (Lipinski definition) is 6. The van der Waals surface area contributed by atoms with Crippen LogP contribution in [0.1, 0.15) is 31.7 Å². The molecule has 0 unspecified atom stereocenters. The first-order chi connectivity index (χ1) is 13.0. The highest BCUT2D eigenvalue weighted by molar-refractivity contribution is 7.15. The number of anilines is 1. The van der Waals surface area contributed by atoms with Crippen LogP contribution in [0.25, 0.3) is 10.9 Å². The average Bonchev–Trinajstić information content (AvgIpc) is 3.11. The van der Waals surface area contributed by atoms with Crippen molar-refractivity contribution in [3.63, 3.8) is 0 Å². The number of aryl methyl sites for hydroxylation is 1. The minimum Gasteiger partial charge on any atom is -0.299 e. The Labute approximate surface area is 159 Å². The zero-order valence-electron chi connectivity index (χ0n) is 15.3. The number of aromatic nitrogens is 4. The highest BCUT2D eigenvalue weighted by Crippen LogP contribution is 2.17. The lowest BCUT2D eigenvalue weighted by Gasteiger charge is -2.12. The van der Waals surface area contributed by atoms with E-state index in [0.29, 0.717) is 16.0 Å². The fourth-order valence-electron chi connectivity index (χ4n) is 2.84. The van der Waals surface area contributed by atoms with Gasteiger partial charge in [-0.2, -0.15) is 0 Å². The number of unbranched alkanes of at least 4 members (excludes halogenated alkanes) is 1. The van der Waals surface area contributed by atoms with Gasteiger partial charge in [0, 0.05) is 13.0 Å². The van der Waals surface area contributed by atoms with E-state index in [4.69, 9.17) is 0 Å². The first-order valence-corrected chi connectivity index (χ1v) is 9.71. The molecule has 0 fully saturated rings. The maximum absolute atomic E-state index is 12.7. The molecule has 1 N–H and O–H groups in total. The van der Waals surface area contributed by atoms with E-state index in [1.165, 1.54) is 15.9 Å². The van der Waals surface area contributed by atoms with Crippen LogP contribution in [0.4, 0.5) is 5.13 Å². The van der Waals surface area contributed by atoms with Crippen molar-refractivity contribution >= 4 is 33.3 Å². The molecule has 27 heavy (non-hydrogen) atoms. The van der Waals surface area contributed by atoms with Gasteiger partial charge in [-0.15, -0.1) is 10.2 Å². The number of para-hydroxylation sites is 1. The average molecular weight is 387 g/mol. The second-order valence-electron chi connectivity index (χ2n) is 6.09. The molecule has 0 saturated heterocycles. The quantitative estimate of drug-likeness (QED) is 0.669. The summed E-state index contributed by atoms with van der Waals surface area (Å²) in [6, 6.07) is 6.79. The van der Waals surface area contributed by atoms with Crippen molar-refractivity contribution in [2.75, 3.05) is 5.32 Å². The molecule has 142 valence electrons. The molecular formula is C18H21N5O3S. The third kappa shape index (κ3) is 3.97. The molecule has 0 atom stereocenters. The Balaban J connectivity index is 1.88. The molecule has 3 rings (SSSR count). The van der Waals surface area contributed by atoms with Gasteiger partial charge >= 0.3 is 5.69 Å². The summed E-state index contributed by atoms with van der Waals surface area (Å²) in [5.74, 6) is -0.387. The Morgan fingerprint density at radius 3 is 2.67 bits per heavy atom. The predicted octanol–water partition coefficient (Wildman–Crippen LogP) is 2.02. The first-order valence-electron chi connectivity index (χ1n) is 8.89. The molecule has 0 spiro atoms. The van der Waals surface area contributed by atoms with Crippen LogP contribution in [-0.4, -0.2) is 25.2 Å². The number of carbonyl (C=O) groups excluding carboxylic acids is 1. The summed E-state index contributed by atoms with van der Waals surface area (Å²) >= 11 is 1.33. The van der Waals surface area contributed by atoms with E-state index in [0.717, 1.165) is 28.8 Å². The molecule has 1 aromatic carbocycles. The zero-order chi connectivity index (χ0) is 19.4. The number of hydrogen-bond donors (Lipinski definition) is 1. The fourth-order valence-corrected chi connectivity index (χ4v) is 3.64. The molecule has 1 amide bonds. The summed E-state index contributed by atoms with van der Waals surface area (Å²) in [5.41, 5.74) is -0.412. The molecule has 0 saturated carbocycles. The van der Waals surface area contributed by atoms with Crippen LogP contribution in [0, 0.1) is 0 Å². The predicted molar refractivity (Wildman–Crippen MR) is 105 cm³/mol. The van der Waals surface area contributed by atoms with Crippen LogP contribution in [0.5, 0.6) is 0 Å². The van der Waals surface area contributed by atoms with Gasteiger partial charge in [0.2, 0.25) is 11.0 Å². The molecule has 0 aliphatic heterocycles. The van der Waals surface area contributed by atoms with E-state index in [2.05, 4.69) is 22.4 Å². The van der Waals surface area contributed by atoms with Gasteiger partial charge in [0.15, 0.2) is 0 Å². The summed E-state index contributed by atoms with van der Waals surface area (Å²) in [6.07, 6.45) is 2.91. The van der Waals surface area contributed by atoms with Crippen molar-refractivity contribution in [2.45, 2.75) is 46.2 Å². The van der Waals surface area contributed by atoms with Crippen molar-refractivity contribution in [3.05, 3.63) is 50.1 Å². The van der Waals surface area contributed by atoms with E-state index < -0.39 is 5.69 Å². The lowest BCUT2D eigenvalue weighted by molar-refractivity contribution is -0.116. The lowest BCUT2D eigenvalue weighted by Crippen LogP contribution is -2.41. The fraction of sp³-hybridized carbons (Fsp3) is 0.389. The van der Waals surface area contributed by atoms with Crippen LogP contribution in [-0.2, 0) is 24.3 Å². The zero-order valence-corrected chi connectivity index (χ0v) is 16.1. The molecule has 0 aliphatic rings. The number of nitrogens with zero attached hydrogens (tertiary/aromatic N) is 4. The molecule has 8 nitrogen and oxygen atoms in total. The van der Waals surface area contributed by atoms with E-state index in [1.807, 2.05) is 0 Å². The van der Waals surface area contributed by atoms with Crippen LogP contribution >= 0.6 is 11.3 Å². The van der Waals surface area contributed by atoms with Gasteiger partial charge < -0.3 is 0 Å². The highest BCUT2D eigenvalue weighted by Gasteiger charge is 2.15. The van der Waals surface area contributed by atoms with Crippen molar-refractivity contribution < 1.29 is 4.79 Å². The smallest absolute Gasteiger partial charge is 0.299 e. The second kappa shape index (κ2) is 8.26. The SMILES string of the molecule is CCCCc1nnc(NC(=O)Cn2c(=O)n(CC)c(=O)c3ccccc32)s1. The van der Waals surface area contributed by atoms with Gasteiger partial charge in [0.05, 0.1) is 10.9 Å². The largest absolute Gasteiger partial charge is 0.331 e. The Kier molecular flexibility index (Phi) is 5.80. The summed E-state index contributed by atoms with van der Waals surface area (Å²) < 4.78 is 2.44. The van der Waals surface area contributed by atoms with Crippen molar-refractivity contribution in [1.82, 2.24) is 19.3 Å². The third-order valence-corrected chi connectivity index (χ3v) is 5.11. The first kappa shape index (κ1) is 19.0. The van der Waals surface area contributed by atoms with Gasteiger partial charge in [-0.05, 0) is 25.5 Å². The Bertz CT molecular complexity index is 1080. The van der Waals surface area contributed by atoms with Gasteiger partial charge in [-0.25, -0.2) is 4.79 Å². The highest BCUT2D eigenvalue weighted by atomic mass is 32.1. The molecule has 9 heteroatoms. The molecule has 2 aromatic heterocycles. The Hall–Kier alpha value is -2.81. The van der Waals surface area contributed by atoms with E-state index >= 15 is 0 Å². The maximum atomic E-state index is 12.7. The normalized spacial score (nSPS) is 11.0. The van der Waals surface area contributed by atoms with Crippen LogP contribution in [0.3, 0.4) is 0 Å². The topological polar surface area (TPSA) is 98.9 Å².